The van der Waals surface area contributed by atoms with Gasteiger partial charge < -0.3 is 10.6 Å². The number of anilines is 2. The molecule has 0 spiro atoms. The van der Waals surface area contributed by atoms with Crippen LogP contribution < -0.4 is 10.6 Å². The lowest BCUT2D eigenvalue weighted by Crippen LogP contribution is -2.14. The Balaban J connectivity index is 2.01. The third-order valence-electron chi connectivity index (χ3n) is 3.20. The topological polar surface area (TPSA) is 58.2 Å². The number of carbonyl (C=O) groups is 2. The summed E-state index contributed by atoms with van der Waals surface area (Å²) in [5, 5.41) is 6.33. The predicted molar refractivity (Wildman–Crippen MR) is 98.9 cm³/mol. The zero-order valence-electron chi connectivity index (χ0n) is 13.4. The molecular weight excluding hydrogens is 347 g/mol. The minimum absolute atomic E-state index is 0.0327. The van der Waals surface area contributed by atoms with Crippen molar-refractivity contribution in [3.8, 4) is 0 Å². The van der Waals surface area contributed by atoms with Gasteiger partial charge in [0.2, 0.25) is 5.91 Å². The van der Waals surface area contributed by atoms with Crippen molar-refractivity contribution >= 4 is 46.4 Å². The van der Waals surface area contributed by atoms with Crippen molar-refractivity contribution in [1.82, 2.24) is 0 Å². The van der Waals surface area contributed by atoms with Gasteiger partial charge in [0.25, 0.3) is 5.91 Å². The molecule has 0 unspecified atom stereocenters. The summed E-state index contributed by atoms with van der Waals surface area (Å²) in [6.07, 6.45) is 0.466. The first kappa shape index (κ1) is 18.3. The van der Waals surface area contributed by atoms with Crippen LogP contribution in [0.25, 0.3) is 0 Å². The van der Waals surface area contributed by atoms with Gasteiger partial charge in [-0.25, -0.2) is 0 Å². The first-order valence-corrected chi connectivity index (χ1v) is 8.27. The number of amides is 2. The molecule has 0 aliphatic rings. The highest BCUT2D eigenvalue weighted by molar-refractivity contribution is 6.37. The molecule has 0 bridgehead atoms. The number of halogens is 2. The van der Waals surface area contributed by atoms with Crippen molar-refractivity contribution in [2.24, 2.45) is 5.92 Å². The molecule has 0 saturated heterocycles. The van der Waals surface area contributed by atoms with Gasteiger partial charge in [0.1, 0.15) is 0 Å². The molecule has 0 aliphatic heterocycles. The smallest absolute Gasteiger partial charge is 0.257 e. The van der Waals surface area contributed by atoms with Crippen molar-refractivity contribution in [2.45, 2.75) is 20.3 Å². The van der Waals surface area contributed by atoms with Gasteiger partial charge in [-0.3, -0.25) is 9.59 Å². The van der Waals surface area contributed by atoms with Crippen molar-refractivity contribution in [3.05, 3.63) is 58.1 Å². The second-order valence-electron chi connectivity index (χ2n) is 5.80. The molecule has 0 aromatic heterocycles. The monoisotopic (exact) mass is 364 g/mol. The van der Waals surface area contributed by atoms with Crippen LogP contribution in [0, 0.1) is 5.92 Å². The van der Waals surface area contributed by atoms with Gasteiger partial charge in [0.05, 0.1) is 10.6 Å². The zero-order chi connectivity index (χ0) is 17.7. The highest BCUT2D eigenvalue weighted by Gasteiger charge is 2.11. The Morgan fingerprint density at radius 2 is 1.54 bits per heavy atom. The first-order valence-electron chi connectivity index (χ1n) is 7.51. The van der Waals surface area contributed by atoms with Gasteiger partial charge in [-0.15, -0.1) is 0 Å². The molecule has 4 nitrogen and oxygen atoms in total. The maximum Gasteiger partial charge on any atom is 0.257 e. The summed E-state index contributed by atoms with van der Waals surface area (Å²) in [6.45, 7) is 3.97. The van der Waals surface area contributed by atoms with Crippen LogP contribution in [0.15, 0.2) is 42.5 Å². The zero-order valence-corrected chi connectivity index (χ0v) is 14.9. The number of hydrogen-bond donors (Lipinski definition) is 2. The van der Waals surface area contributed by atoms with Crippen molar-refractivity contribution in [2.75, 3.05) is 10.6 Å². The highest BCUT2D eigenvalue weighted by Crippen LogP contribution is 2.22. The number of benzene rings is 2. The van der Waals surface area contributed by atoms with Crippen LogP contribution in [0.4, 0.5) is 11.4 Å². The summed E-state index contributed by atoms with van der Waals surface area (Å²) in [4.78, 5) is 24.0. The Kier molecular flexibility index (Phi) is 6.23. The van der Waals surface area contributed by atoms with Crippen LogP contribution >= 0.6 is 23.2 Å². The van der Waals surface area contributed by atoms with E-state index in [1.807, 2.05) is 13.8 Å². The molecule has 2 amide bonds. The van der Waals surface area contributed by atoms with Crippen LogP contribution in [0.3, 0.4) is 0 Å². The number of nitrogens with one attached hydrogen (secondary N) is 2. The Morgan fingerprint density at radius 1 is 0.958 bits per heavy atom. The lowest BCUT2D eigenvalue weighted by atomic mass is 10.1. The number of rotatable bonds is 5. The molecule has 2 aromatic rings. The molecule has 0 aliphatic carbocycles. The van der Waals surface area contributed by atoms with Gasteiger partial charge >= 0.3 is 0 Å². The molecule has 0 heterocycles. The first-order chi connectivity index (χ1) is 11.3. The van der Waals surface area contributed by atoms with Crippen molar-refractivity contribution in [3.63, 3.8) is 0 Å². The lowest BCUT2D eigenvalue weighted by Gasteiger charge is -2.10. The Labute approximate surface area is 151 Å². The summed E-state index contributed by atoms with van der Waals surface area (Å²) in [6, 6.07) is 11.6. The van der Waals surface area contributed by atoms with E-state index in [1.54, 1.807) is 36.4 Å². The Morgan fingerprint density at radius 3 is 2.08 bits per heavy atom. The summed E-state index contributed by atoms with van der Waals surface area (Å²) >= 11 is 11.8. The molecular formula is C18H18Cl2N2O2. The second kappa shape index (κ2) is 8.18. The molecule has 0 atom stereocenters. The van der Waals surface area contributed by atoms with E-state index in [4.69, 9.17) is 23.2 Å². The van der Waals surface area contributed by atoms with E-state index in [0.29, 0.717) is 34.3 Å². The van der Waals surface area contributed by atoms with Crippen LogP contribution in [0.2, 0.25) is 10.0 Å². The fourth-order valence-corrected chi connectivity index (χ4v) is 2.59. The summed E-state index contributed by atoms with van der Waals surface area (Å²) < 4.78 is 0. The molecule has 0 radical (unpaired) electrons. The highest BCUT2D eigenvalue weighted by atomic mass is 35.5. The molecule has 126 valence electrons. The number of carbonyl (C=O) groups excluding carboxylic acids is 2. The van der Waals surface area contributed by atoms with Crippen LogP contribution in [0.1, 0.15) is 30.6 Å². The summed E-state index contributed by atoms with van der Waals surface area (Å²) in [7, 11) is 0. The van der Waals surface area contributed by atoms with E-state index >= 15 is 0 Å². The van der Waals surface area contributed by atoms with E-state index in [9.17, 15) is 9.59 Å². The second-order valence-corrected chi connectivity index (χ2v) is 6.65. The van der Waals surface area contributed by atoms with Gasteiger partial charge in [-0.2, -0.15) is 0 Å². The van der Waals surface area contributed by atoms with Gasteiger partial charge in [0, 0.05) is 22.8 Å². The molecule has 24 heavy (non-hydrogen) atoms. The molecule has 2 rings (SSSR count). The molecule has 6 heteroatoms. The van der Waals surface area contributed by atoms with Crippen molar-refractivity contribution < 1.29 is 9.59 Å². The summed E-state index contributed by atoms with van der Waals surface area (Å²) in [5.41, 5.74) is 1.63. The van der Waals surface area contributed by atoms with Gasteiger partial charge in [-0.1, -0.05) is 37.0 Å². The van der Waals surface area contributed by atoms with E-state index < -0.39 is 0 Å². The van der Waals surface area contributed by atoms with Crippen LogP contribution in [-0.2, 0) is 4.79 Å². The lowest BCUT2D eigenvalue weighted by molar-refractivity contribution is -0.116. The van der Waals surface area contributed by atoms with E-state index in [-0.39, 0.29) is 16.8 Å². The molecule has 0 fully saturated rings. The average Bonchev–Trinajstić information content (AvgIpc) is 2.48. The average molecular weight is 365 g/mol. The Hall–Kier alpha value is -2.04. The quantitative estimate of drug-likeness (QED) is 0.762. The van der Waals surface area contributed by atoms with Gasteiger partial charge in [0.15, 0.2) is 0 Å². The molecule has 2 N–H and O–H groups in total. The Bertz CT molecular complexity index is 743. The minimum Gasteiger partial charge on any atom is -0.326 e. The maximum absolute atomic E-state index is 12.2. The van der Waals surface area contributed by atoms with E-state index in [0.717, 1.165) is 0 Å². The standard InChI is InChI=1S/C18H18Cl2N2O2/c1-11(2)9-17(23)21-13-4-6-14(7-5-13)22-18(24)15-8-3-12(19)10-16(15)20/h3-8,10-11H,9H2,1-2H3,(H,21,23)(H,22,24). The van der Waals surface area contributed by atoms with Gasteiger partial charge in [-0.05, 0) is 48.4 Å². The fraction of sp³-hybridized carbons (Fsp3) is 0.222. The predicted octanol–water partition coefficient (Wildman–Crippen LogP) is 5.23. The maximum atomic E-state index is 12.2. The minimum atomic E-state index is -0.326. The third kappa shape index (κ3) is 5.25. The third-order valence-corrected chi connectivity index (χ3v) is 3.74. The molecule has 0 saturated carbocycles. The molecule has 2 aromatic carbocycles. The normalized spacial score (nSPS) is 10.5. The van der Waals surface area contributed by atoms with Crippen LogP contribution in [-0.4, -0.2) is 11.8 Å². The van der Waals surface area contributed by atoms with E-state index in [2.05, 4.69) is 10.6 Å². The summed E-state index contributed by atoms with van der Waals surface area (Å²) in [5.74, 6) is -0.0596. The van der Waals surface area contributed by atoms with Crippen molar-refractivity contribution in [1.29, 1.82) is 0 Å². The van der Waals surface area contributed by atoms with Crippen LogP contribution in [0.5, 0.6) is 0 Å². The SMILES string of the molecule is CC(C)CC(=O)Nc1ccc(NC(=O)c2ccc(Cl)cc2Cl)cc1. The number of hydrogen-bond acceptors (Lipinski definition) is 2. The fourth-order valence-electron chi connectivity index (χ4n) is 2.09. The largest absolute Gasteiger partial charge is 0.326 e. The van der Waals surface area contributed by atoms with E-state index in [1.165, 1.54) is 6.07 Å².